The molecule has 2 N–H and O–H groups in total. The number of carbonyl (C=O) groups is 1. The van der Waals surface area contributed by atoms with E-state index in [-0.39, 0.29) is 5.56 Å². The number of amides is 1. The van der Waals surface area contributed by atoms with Gasteiger partial charge in [0, 0.05) is 24.0 Å². The lowest BCUT2D eigenvalue weighted by Gasteiger charge is -2.06. The van der Waals surface area contributed by atoms with Crippen LogP contribution in [0.4, 0.5) is 15.8 Å². The number of hydrogen-bond donors (Lipinski definition) is 2. The molecule has 1 aromatic heterocycles. The summed E-state index contributed by atoms with van der Waals surface area (Å²) in [6.07, 6.45) is 1.17. The Labute approximate surface area is 117 Å². The Morgan fingerprint density at radius 3 is 2.76 bits per heavy atom. The molecule has 0 atom stereocenters. The molecule has 1 amide bonds. The van der Waals surface area contributed by atoms with E-state index < -0.39 is 33.5 Å². The summed E-state index contributed by atoms with van der Waals surface area (Å²) in [7, 11) is 0. The number of nitro benzene ring substituents is 1. The number of halogens is 1. The van der Waals surface area contributed by atoms with Crippen molar-refractivity contribution in [2.75, 3.05) is 5.32 Å². The Kier molecular flexibility index (Phi) is 3.79. The first kappa shape index (κ1) is 14.4. The van der Waals surface area contributed by atoms with E-state index in [1.54, 1.807) is 6.92 Å². The highest BCUT2D eigenvalue weighted by atomic mass is 19.1. The number of nitrogens with zero attached hydrogens (tertiary/aromatic N) is 1. The largest absolute Gasteiger partial charge is 0.364 e. The molecule has 108 valence electrons. The zero-order valence-electron chi connectivity index (χ0n) is 10.8. The molecule has 0 saturated heterocycles. The van der Waals surface area contributed by atoms with Crippen molar-refractivity contribution in [3.63, 3.8) is 0 Å². The minimum atomic E-state index is -0.957. The first-order valence-corrected chi connectivity index (χ1v) is 5.83. The predicted octanol–water partition coefficient (Wildman–Crippen LogP) is 1.98. The van der Waals surface area contributed by atoms with Crippen molar-refractivity contribution in [3.05, 3.63) is 67.9 Å². The van der Waals surface area contributed by atoms with Crippen molar-refractivity contribution >= 4 is 17.3 Å². The Morgan fingerprint density at radius 1 is 1.43 bits per heavy atom. The number of nitro groups is 1. The predicted molar refractivity (Wildman–Crippen MR) is 72.8 cm³/mol. The number of aryl methyl sites for hydroxylation is 1. The lowest BCUT2D eigenvalue weighted by molar-refractivity contribution is -0.384. The number of nitrogens with one attached hydrogen (secondary N) is 2. The molecule has 0 aliphatic carbocycles. The van der Waals surface area contributed by atoms with E-state index >= 15 is 0 Å². The fourth-order valence-electron chi connectivity index (χ4n) is 1.72. The number of rotatable bonds is 3. The van der Waals surface area contributed by atoms with Crippen molar-refractivity contribution in [2.24, 2.45) is 0 Å². The van der Waals surface area contributed by atoms with Crippen molar-refractivity contribution < 1.29 is 14.1 Å². The van der Waals surface area contributed by atoms with E-state index in [0.29, 0.717) is 5.69 Å². The molecular weight excluding hydrogens is 281 g/mol. The summed E-state index contributed by atoms with van der Waals surface area (Å²) in [5.41, 5.74) is -1.45. The van der Waals surface area contributed by atoms with E-state index in [4.69, 9.17) is 0 Å². The highest BCUT2D eigenvalue weighted by Crippen LogP contribution is 2.27. The summed E-state index contributed by atoms with van der Waals surface area (Å²) >= 11 is 0. The van der Waals surface area contributed by atoms with E-state index in [1.807, 2.05) is 0 Å². The summed E-state index contributed by atoms with van der Waals surface area (Å²) in [5, 5.41) is 12.9. The van der Waals surface area contributed by atoms with Gasteiger partial charge in [0.15, 0.2) is 16.9 Å². The van der Waals surface area contributed by atoms with Crippen molar-refractivity contribution in [1.29, 1.82) is 0 Å². The maximum Gasteiger partial charge on any atom is 0.295 e. The van der Waals surface area contributed by atoms with Crippen LogP contribution in [0.5, 0.6) is 0 Å². The number of aromatic amines is 1. The van der Waals surface area contributed by atoms with Crippen molar-refractivity contribution in [1.82, 2.24) is 4.98 Å². The van der Waals surface area contributed by atoms with Crippen LogP contribution in [0.1, 0.15) is 16.1 Å². The van der Waals surface area contributed by atoms with E-state index in [1.165, 1.54) is 12.3 Å². The van der Waals surface area contributed by atoms with Gasteiger partial charge in [0.25, 0.3) is 11.6 Å². The lowest BCUT2D eigenvalue weighted by atomic mass is 10.2. The highest BCUT2D eigenvalue weighted by molar-refractivity contribution is 6.05. The van der Waals surface area contributed by atoms with Gasteiger partial charge in [-0.15, -0.1) is 0 Å². The molecule has 21 heavy (non-hydrogen) atoms. The van der Waals surface area contributed by atoms with Crippen LogP contribution in [0, 0.1) is 22.9 Å². The van der Waals surface area contributed by atoms with Gasteiger partial charge in [-0.25, -0.2) is 4.39 Å². The van der Waals surface area contributed by atoms with E-state index in [9.17, 15) is 24.1 Å². The summed E-state index contributed by atoms with van der Waals surface area (Å²) < 4.78 is 13.6. The summed E-state index contributed by atoms with van der Waals surface area (Å²) in [5.74, 6) is -1.88. The van der Waals surface area contributed by atoms with Gasteiger partial charge < -0.3 is 10.3 Å². The minimum Gasteiger partial charge on any atom is -0.364 e. The van der Waals surface area contributed by atoms with Crippen LogP contribution in [0.25, 0.3) is 0 Å². The Balaban J connectivity index is 2.41. The summed E-state index contributed by atoms with van der Waals surface area (Å²) in [4.78, 5) is 36.3. The van der Waals surface area contributed by atoms with Crippen LogP contribution in [-0.2, 0) is 0 Å². The van der Waals surface area contributed by atoms with E-state index in [2.05, 4.69) is 10.3 Å². The zero-order chi connectivity index (χ0) is 15.6. The Bertz CT molecular complexity index is 785. The van der Waals surface area contributed by atoms with Crippen LogP contribution < -0.4 is 10.7 Å². The molecule has 0 radical (unpaired) electrons. The van der Waals surface area contributed by atoms with Gasteiger partial charge in [-0.05, 0) is 13.0 Å². The topological polar surface area (TPSA) is 105 Å². The minimum absolute atomic E-state index is 0.266. The number of pyridine rings is 1. The second-order valence-electron chi connectivity index (χ2n) is 4.24. The second-order valence-corrected chi connectivity index (χ2v) is 4.24. The monoisotopic (exact) mass is 291 g/mol. The quantitative estimate of drug-likeness (QED) is 0.666. The Hall–Kier alpha value is -3.03. The van der Waals surface area contributed by atoms with Gasteiger partial charge in [0.05, 0.1) is 4.92 Å². The molecule has 2 aromatic rings. The van der Waals surface area contributed by atoms with Crippen LogP contribution >= 0.6 is 0 Å². The number of anilines is 1. The molecule has 1 heterocycles. The second kappa shape index (κ2) is 5.53. The van der Waals surface area contributed by atoms with Gasteiger partial charge in [0.1, 0.15) is 5.56 Å². The standard InChI is InChI=1S/C13H10FN3O4/c1-7-5-11(18)8(6-15-7)13(19)16-12-9(14)3-2-4-10(12)17(20)21/h2-6H,1H3,(H,15,18)(H,16,19). The third-order valence-corrected chi connectivity index (χ3v) is 2.73. The van der Waals surface area contributed by atoms with Crippen LogP contribution in [0.2, 0.25) is 0 Å². The first-order chi connectivity index (χ1) is 9.90. The summed E-state index contributed by atoms with van der Waals surface area (Å²) in [6, 6.07) is 4.38. The number of H-pyrrole nitrogens is 1. The van der Waals surface area contributed by atoms with Crippen molar-refractivity contribution in [2.45, 2.75) is 6.92 Å². The molecule has 0 fully saturated rings. The fraction of sp³-hybridized carbons (Fsp3) is 0.0769. The third-order valence-electron chi connectivity index (χ3n) is 2.73. The third kappa shape index (κ3) is 2.94. The smallest absolute Gasteiger partial charge is 0.295 e. The molecule has 0 spiro atoms. The normalized spacial score (nSPS) is 10.2. The number of benzene rings is 1. The molecule has 8 heteroatoms. The van der Waals surface area contributed by atoms with Gasteiger partial charge in [0.2, 0.25) is 0 Å². The molecule has 0 aliphatic heterocycles. The molecular formula is C13H10FN3O4. The molecule has 7 nitrogen and oxygen atoms in total. The number of para-hydroxylation sites is 1. The SMILES string of the molecule is Cc1cc(=O)c(C(=O)Nc2c(F)cccc2[N+](=O)[O-])c[nH]1. The van der Waals surface area contributed by atoms with E-state index in [0.717, 1.165) is 18.2 Å². The van der Waals surface area contributed by atoms with Gasteiger partial charge in [-0.3, -0.25) is 19.7 Å². The van der Waals surface area contributed by atoms with Crippen LogP contribution in [0.15, 0.2) is 35.3 Å². The van der Waals surface area contributed by atoms with Gasteiger partial charge >= 0.3 is 0 Å². The van der Waals surface area contributed by atoms with Gasteiger partial charge in [-0.2, -0.15) is 0 Å². The fourth-order valence-corrected chi connectivity index (χ4v) is 1.72. The van der Waals surface area contributed by atoms with Gasteiger partial charge in [-0.1, -0.05) is 6.07 Å². The molecule has 0 aliphatic rings. The van der Waals surface area contributed by atoms with Crippen molar-refractivity contribution in [3.8, 4) is 0 Å². The number of aromatic nitrogens is 1. The molecule has 2 rings (SSSR count). The number of hydrogen-bond acceptors (Lipinski definition) is 4. The Morgan fingerprint density at radius 2 is 2.14 bits per heavy atom. The molecule has 1 aromatic carbocycles. The zero-order valence-corrected chi connectivity index (χ0v) is 10.8. The number of carbonyl (C=O) groups excluding carboxylic acids is 1. The summed E-state index contributed by atoms with van der Waals surface area (Å²) in [6.45, 7) is 1.63. The molecule has 0 unspecified atom stereocenters. The average molecular weight is 291 g/mol. The maximum absolute atomic E-state index is 13.6. The highest BCUT2D eigenvalue weighted by Gasteiger charge is 2.21. The average Bonchev–Trinajstić information content (AvgIpc) is 2.40. The first-order valence-electron chi connectivity index (χ1n) is 5.83. The maximum atomic E-state index is 13.6. The lowest BCUT2D eigenvalue weighted by Crippen LogP contribution is -2.22. The molecule has 0 bridgehead atoms. The molecule has 0 saturated carbocycles. The van der Waals surface area contributed by atoms with Crippen LogP contribution in [-0.4, -0.2) is 15.8 Å². The van der Waals surface area contributed by atoms with Crippen LogP contribution in [0.3, 0.4) is 0 Å².